The van der Waals surface area contributed by atoms with Gasteiger partial charge in [-0.25, -0.2) is 4.79 Å². The van der Waals surface area contributed by atoms with Crippen LogP contribution < -0.4 is 4.74 Å². The molecule has 0 saturated heterocycles. The molecule has 136 valence electrons. The number of carbonyl (C=O) groups is 3. The van der Waals surface area contributed by atoms with Gasteiger partial charge in [0.05, 0.1) is 11.1 Å². The number of H-pyrrole nitrogens is 1. The number of nitrogens with one attached hydrogen (secondary N) is 1. The lowest BCUT2D eigenvalue weighted by molar-refractivity contribution is -0.0587. The molecule has 2 amide bonds. The maximum Gasteiger partial charge on any atom is 0.387 e. The topological polar surface area (TPSA) is 88.7 Å². The van der Waals surface area contributed by atoms with Crippen molar-refractivity contribution < 1.29 is 32.7 Å². The number of amides is 2. The molecule has 0 bridgehead atoms. The van der Waals surface area contributed by atoms with E-state index in [1.54, 1.807) is 18.2 Å². The van der Waals surface area contributed by atoms with E-state index in [9.17, 15) is 23.2 Å². The number of rotatable bonds is 4. The Labute approximate surface area is 150 Å². The SMILES string of the molecule is O=C(ON1C(=O)c2ccccc2C1=O)c1cc2c(OC(F)F)cccc2[nH]1. The molecular weight excluding hydrogens is 362 g/mol. The summed E-state index contributed by atoms with van der Waals surface area (Å²) in [4.78, 5) is 44.4. The van der Waals surface area contributed by atoms with Crippen LogP contribution in [0, 0.1) is 0 Å². The number of alkyl halides is 2. The monoisotopic (exact) mass is 372 g/mol. The first-order valence-electron chi connectivity index (χ1n) is 7.72. The van der Waals surface area contributed by atoms with Gasteiger partial charge in [0.1, 0.15) is 11.4 Å². The molecule has 0 aliphatic carbocycles. The van der Waals surface area contributed by atoms with E-state index in [0.717, 1.165) is 0 Å². The highest BCUT2D eigenvalue weighted by Gasteiger charge is 2.39. The number of nitrogens with zero attached hydrogens (tertiary/aromatic N) is 1. The molecule has 0 saturated carbocycles. The van der Waals surface area contributed by atoms with Crippen molar-refractivity contribution in [2.45, 2.75) is 6.61 Å². The van der Waals surface area contributed by atoms with Gasteiger partial charge in [0, 0.05) is 10.9 Å². The molecule has 4 rings (SSSR count). The van der Waals surface area contributed by atoms with E-state index in [0.29, 0.717) is 10.6 Å². The fraction of sp³-hybridized carbons (Fsp3) is 0.0556. The minimum atomic E-state index is -3.03. The summed E-state index contributed by atoms with van der Waals surface area (Å²) in [5, 5.41) is 0.599. The zero-order chi connectivity index (χ0) is 19.1. The summed E-state index contributed by atoms with van der Waals surface area (Å²) in [6.45, 7) is -3.03. The van der Waals surface area contributed by atoms with Crippen molar-refractivity contribution >= 4 is 28.7 Å². The van der Waals surface area contributed by atoms with Crippen molar-refractivity contribution in [3.8, 4) is 5.75 Å². The molecule has 0 radical (unpaired) electrons. The van der Waals surface area contributed by atoms with Crippen molar-refractivity contribution in [3.63, 3.8) is 0 Å². The van der Waals surface area contributed by atoms with Gasteiger partial charge in [0.2, 0.25) is 0 Å². The molecule has 1 aliphatic rings. The average Bonchev–Trinajstić information content (AvgIpc) is 3.18. The lowest BCUT2D eigenvalue weighted by atomic mass is 10.1. The van der Waals surface area contributed by atoms with Gasteiger partial charge in [-0.05, 0) is 30.3 Å². The third-order valence-corrected chi connectivity index (χ3v) is 3.99. The number of imide groups is 1. The molecule has 7 nitrogen and oxygen atoms in total. The van der Waals surface area contributed by atoms with Gasteiger partial charge in [-0.2, -0.15) is 8.78 Å². The first-order valence-corrected chi connectivity index (χ1v) is 7.72. The van der Waals surface area contributed by atoms with Crippen LogP contribution in [0.4, 0.5) is 8.78 Å². The van der Waals surface area contributed by atoms with Crippen LogP contribution in [-0.4, -0.2) is 34.4 Å². The molecule has 3 aromatic rings. The van der Waals surface area contributed by atoms with Crippen LogP contribution >= 0.6 is 0 Å². The van der Waals surface area contributed by atoms with E-state index >= 15 is 0 Å². The predicted molar refractivity (Wildman–Crippen MR) is 87.3 cm³/mol. The van der Waals surface area contributed by atoms with E-state index in [-0.39, 0.29) is 28.0 Å². The molecule has 2 heterocycles. The molecule has 9 heteroatoms. The Hall–Kier alpha value is -3.75. The molecule has 0 spiro atoms. The van der Waals surface area contributed by atoms with Gasteiger partial charge >= 0.3 is 12.6 Å². The summed E-state index contributed by atoms with van der Waals surface area (Å²) >= 11 is 0. The van der Waals surface area contributed by atoms with Crippen LogP contribution in [0.15, 0.2) is 48.5 Å². The van der Waals surface area contributed by atoms with Crippen molar-refractivity contribution in [2.75, 3.05) is 0 Å². The highest BCUT2D eigenvalue weighted by atomic mass is 19.3. The first-order chi connectivity index (χ1) is 13.0. The van der Waals surface area contributed by atoms with Gasteiger partial charge < -0.3 is 14.6 Å². The number of fused-ring (bicyclic) bond motifs is 2. The average molecular weight is 372 g/mol. The van der Waals surface area contributed by atoms with E-state index < -0.39 is 24.4 Å². The molecule has 2 aromatic carbocycles. The Morgan fingerprint density at radius 3 is 2.30 bits per heavy atom. The van der Waals surface area contributed by atoms with Crippen LogP contribution in [0.2, 0.25) is 0 Å². The van der Waals surface area contributed by atoms with Crippen LogP contribution in [0.5, 0.6) is 5.75 Å². The van der Waals surface area contributed by atoms with Gasteiger partial charge in [0.25, 0.3) is 11.8 Å². The largest absolute Gasteiger partial charge is 0.434 e. The summed E-state index contributed by atoms with van der Waals surface area (Å²) in [6, 6.07) is 11.6. The zero-order valence-electron chi connectivity index (χ0n) is 13.4. The van der Waals surface area contributed by atoms with E-state index in [2.05, 4.69) is 9.72 Å². The number of halogens is 2. The van der Waals surface area contributed by atoms with Crippen LogP contribution in [0.25, 0.3) is 10.9 Å². The number of carbonyl (C=O) groups excluding carboxylic acids is 3. The Bertz CT molecular complexity index is 1060. The first kappa shape index (κ1) is 16.7. The smallest absolute Gasteiger partial charge is 0.387 e. The van der Waals surface area contributed by atoms with Gasteiger partial charge in [-0.15, -0.1) is 0 Å². The highest BCUT2D eigenvalue weighted by Crippen LogP contribution is 2.29. The standard InChI is InChI=1S/C18H10F2N2O5/c19-18(20)26-14-7-3-6-12-11(14)8-13(21-12)17(25)27-22-15(23)9-4-1-2-5-10(9)16(22)24/h1-8,18,21H. The number of hydroxylamine groups is 2. The van der Waals surface area contributed by atoms with Crippen molar-refractivity contribution in [3.05, 3.63) is 65.4 Å². The molecule has 1 aliphatic heterocycles. The molecule has 1 N–H and O–H groups in total. The summed E-state index contributed by atoms with van der Waals surface area (Å²) in [5.74, 6) is -2.68. The van der Waals surface area contributed by atoms with E-state index in [4.69, 9.17) is 4.84 Å². The fourth-order valence-electron chi connectivity index (χ4n) is 2.82. The molecular formula is C18H10F2N2O5. The number of ether oxygens (including phenoxy) is 1. The number of hydrogen-bond acceptors (Lipinski definition) is 5. The molecule has 0 fully saturated rings. The van der Waals surface area contributed by atoms with E-state index in [1.807, 2.05) is 0 Å². The highest BCUT2D eigenvalue weighted by molar-refractivity contribution is 6.21. The number of aromatic nitrogens is 1. The third-order valence-electron chi connectivity index (χ3n) is 3.99. The third kappa shape index (κ3) is 2.78. The lowest BCUT2D eigenvalue weighted by Gasteiger charge is -2.11. The van der Waals surface area contributed by atoms with Gasteiger partial charge in [-0.1, -0.05) is 23.3 Å². The Morgan fingerprint density at radius 2 is 1.67 bits per heavy atom. The second-order valence-corrected chi connectivity index (χ2v) is 5.61. The molecule has 1 aromatic heterocycles. The van der Waals surface area contributed by atoms with Crippen LogP contribution in [0.1, 0.15) is 31.2 Å². The molecule has 27 heavy (non-hydrogen) atoms. The summed E-state index contributed by atoms with van der Waals surface area (Å²) in [7, 11) is 0. The second kappa shape index (κ2) is 6.20. The molecule has 0 atom stereocenters. The predicted octanol–water partition coefficient (Wildman–Crippen LogP) is 3.14. The Kier molecular flexibility index (Phi) is 3.84. The maximum absolute atomic E-state index is 12.5. The zero-order valence-corrected chi connectivity index (χ0v) is 13.4. The summed E-state index contributed by atoms with van der Waals surface area (Å²) in [6.07, 6.45) is 0. The van der Waals surface area contributed by atoms with Crippen molar-refractivity contribution in [1.29, 1.82) is 0 Å². The fourth-order valence-corrected chi connectivity index (χ4v) is 2.82. The maximum atomic E-state index is 12.5. The molecule has 0 unspecified atom stereocenters. The van der Waals surface area contributed by atoms with E-state index in [1.165, 1.54) is 30.3 Å². The lowest BCUT2D eigenvalue weighted by Crippen LogP contribution is -2.32. The second-order valence-electron chi connectivity index (χ2n) is 5.61. The van der Waals surface area contributed by atoms with Crippen molar-refractivity contribution in [2.24, 2.45) is 0 Å². The quantitative estimate of drug-likeness (QED) is 0.711. The Morgan fingerprint density at radius 1 is 1.00 bits per heavy atom. The summed E-state index contributed by atoms with van der Waals surface area (Å²) < 4.78 is 29.4. The minimum Gasteiger partial charge on any atom is -0.434 e. The summed E-state index contributed by atoms with van der Waals surface area (Å²) in [5.41, 5.74) is 0.466. The van der Waals surface area contributed by atoms with Crippen LogP contribution in [-0.2, 0) is 4.84 Å². The number of hydrogen-bond donors (Lipinski definition) is 1. The number of benzene rings is 2. The Balaban J connectivity index is 1.61. The van der Waals surface area contributed by atoms with Crippen molar-refractivity contribution in [1.82, 2.24) is 10.0 Å². The minimum absolute atomic E-state index is 0.125. The van der Waals surface area contributed by atoms with Gasteiger partial charge in [0.15, 0.2) is 0 Å². The van der Waals surface area contributed by atoms with Gasteiger partial charge in [-0.3, -0.25) is 9.59 Å². The van der Waals surface area contributed by atoms with Crippen LogP contribution in [0.3, 0.4) is 0 Å². The number of aromatic amines is 1. The normalized spacial score (nSPS) is 13.4.